The summed E-state index contributed by atoms with van der Waals surface area (Å²) in [6, 6.07) is 0. The van der Waals surface area contributed by atoms with Crippen molar-refractivity contribution in [2.75, 3.05) is 37.7 Å². The summed E-state index contributed by atoms with van der Waals surface area (Å²) in [5, 5.41) is 0. The lowest BCUT2D eigenvalue weighted by Gasteiger charge is -2.29. The SMILES string of the molecule is NOCC1(CN2CCSCC2)CC1. The van der Waals surface area contributed by atoms with Gasteiger partial charge in [-0.15, -0.1) is 0 Å². The van der Waals surface area contributed by atoms with Crippen LogP contribution in [0.3, 0.4) is 0 Å². The van der Waals surface area contributed by atoms with Gasteiger partial charge in [0, 0.05) is 36.6 Å². The highest BCUT2D eigenvalue weighted by molar-refractivity contribution is 7.99. The number of rotatable bonds is 4. The van der Waals surface area contributed by atoms with Gasteiger partial charge in [-0.3, -0.25) is 0 Å². The lowest BCUT2D eigenvalue weighted by Crippen LogP contribution is -2.38. The van der Waals surface area contributed by atoms with Crippen LogP contribution in [0, 0.1) is 5.41 Å². The van der Waals surface area contributed by atoms with Gasteiger partial charge in [-0.2, -0.15) is 11.8 Å². The third kappa shape index (κ3) is 2.59. The molecule has 0 aromatic heterocycles. The maximum absolute atomic E-state index is 5.14. The molecule has 2 N–H and O–H groups in total. The number of nitrogens with two attached hydrogens (primary N) is 1. The van der Waals surface area contributed by atoms with Crippen LogP contribution in [0.2, 0.25) is 0 Å². The van der Waals surface area contributed by atoms with Gasteiger partial charge in [0.25, 0.3) is 0 Å². The maximum atomic E-state index is 5.14. The Kier molecular flexibility index (Phi) is 3.14. The van der Waals surface area contributed by atoms with Gasteiger partial charge in [0.1, 0.15) is 0 Å². The molecule has 13 heavy (non-hydrogen) atoms. The zero-order valence-electron chi connectivity index (χ0n) is 8.00. The second-order valence-electron chi connectivity index (χ2n) is 4.20. The van der Waals surface area contributed by atoms with Crippen LogP contribution >= 0.6 is 11.8 Å². The predicted octanol–water partition coefficient (Wildman–Crippen LogP) is 0.706. The molecule has 0 bridgehead atoms. The summed E-state index contributed by atoms with van der Waals surface area (Å²) in [5.41, 5.74) is 0.427. The highest BCUT2D eigenvalue weighted by atomic mass is 32.2. The molecule has 0 radical (unpaired) electrons. The first-order valence-corrected chi connectivity index (χ1v) is 6.12. The predicted molar refractivity (Wildman–Crippen MR) is 55.6 cm³/mol. The van der Waals surface area contributed by atoms with Crippen molar-refractivity contribution in [1.29, 1.82) is 0 Å². The first-order valence-electron chi connectivity index (χ1n) is 4.96. The molecule has 2 rings (SSSR count). The smallest absolute Gasteiger partial charge is 0.0747 e. The second kappa shape index (κ2) is 4.17. The molecule has 1 aliphatic carbocycles. The zero-order valence-corrected chi connectivity index (χ0v) is 8.81. The Morgan fingerprint density at radius 3 is 2.54 bits per heavy atom. The molecule has 2 aliphatic rings. The van der Waals surface area contributed by atoms with E-state index in [2.05, 4.69) is 16.7 Å². The van der Waals surface area contributed by atoms with Crippen molar-refractivity contribution in [3.05, 3.63) is 0 Å². The molecule has 3 nitrogen and oxygen atoms in total. The van der Waals surface area contributed by atoms with Crippen molar-refractivity contribution in [1.82, 2.24) is 4.90 Å². The molecule has 1 heterocycles. The van der Waals surface area contributed by atoms with Gasteiger partial charge in [-0.1, -0.05) is 0 Å². The molecule has 4 heteroatoms. The van der Waals surface area contributed by atoms with Gasteiger partial charge in [0.15, 0.2) is 0 Å². The molecule has 76 valence electrons. The summed E-state index contributed by atoms with van der Waals surface area (Å²) in [6.07, 6.45) is 2.60. The van der Waals surface area contributed by atoms with E-state index in [-0.39, 0.29) is 0 Å². The largest absolute Gasteiger partial charge is 0.304 e. The average molecular weight is 202 g/mol. The Hall–Kier alpha value is 0.230. The van der Waals surface area contributed by atoms with Gasteiger partial charge >= 0.3 is 0 Å². The first kappa shape index (κ1) is 9.77. The minimum Gasteiger partial charge on any atom is -0.304 e. The third-order valence-electron chi connectivity index (χ3n) is 3.01. The van der Waals surface area contributed by atoms with Gasteiger partial charge in [0.05, 0.1) is 6.61 Å². The molecule has 2 fully saturated rings. The molecule has 1 saturated carbocycles. The van der Waals surface area contributed by atoms with Crippen LogP contribution in [0.25, 0.3) is 0 Å². The highest BCUT2D eigenvalue weighted by Crippen LogP contribution is 2.46. The number of hydrogen-bond donors (Lipinski definition) is 1. The van der Waals surface area contributed by atoms with Crippen LogP contribution in [0.15, 0.2) is 0 Å². The Morgan fingerprint density at radius 2 is 2.00 bits per heavy atom. The van der Waals surface area contributed by atoms with Gasteiger partial charge in [0.2, 0.25) is 0 Å². The van der Waals surface area contributed by atoms with E-state index in [1.807, 2.05) is 0 Å². The molecule has 0 aromatic carbocycles. The highest BCUT2D eigenvalue weighted by Gasteiger charge is 2.44. The molecule has 0 spiro atoms. The average Bonchev–Trinajstić information content (AvgIpc) is 2.87. The van der Waals surface area contributed by atoms with E-state index >= 15 is 0 Å². The standard InChI is InChI=1S/C9H18N2OS/c10-12-8-9(1-2-9)7-11-3-5-13-6-4-11/h1-8,10H2. The normalized spacial score (nSPS) is 27.5. The number of hydrogen-bond acceptors (Lipinski definition) is 4. The van der Waals surface area contributed by atoms with Gasteiger partial charge < -0.3 is 9.74 Å². The topological polar surface area (TPSA) is 38.5 Å². The van der Waals surface area contributed by atoms with Crippen LogP contribution < -0.4 is 5.90 Å². The summed E-state index contributed by atoms with van der Waals surface area (Å²) in [6.45, 7) is 4.44. The molecule has 0 aromatic rings. The van der Waals surface area contributed by atoms with Gasteiger partial charge in [-0.25, -0.2) is 5.90 Å². The van der Waals surface area contributed by atoms with Crippen molar-refractivity contribution in [2.24, 2.45) is 11.3 Å². The molecule has 1 saturated heterocycles. The summed E-state index contributed by atoms with van der Waals surface area (Å²) in [5.74, 6) is 7.72. The van der Waals surface area contributed by atoms with E-state index in [9.17, 15) is 0 Å². The van der Waals surface area contributed by atoms with Crippen LogP contribution in [0.5, 0.6) is 0 Å². The van der Waals surface area contributed by atoms with Crippen LogP contribution in [0.1, 0.15) is 12.8 Å². The zero-order chi connectivity index (χ0) is 9.15. The summed E-state index contributed by atoms with van der Waals surface area (Å²) in [4.78, 5) is 7.34. The van der Waals surface area contributed by atoms with Crippen molar-refractivity contribution in [3.8, 4) is 0 Å². The lowest BCUT2D eigenvalue weighted by atomic mass is 10.1. The third-order valence-corrected chi connectivity index (χ3v) is 3.95. The molecule has 0 unspecified atom stereocenters. The van der Waals surface area contributed by atoms with E-state index < -0.39 is 0 Å². The fraction of sp³-hybridized carbons (Fsp3) is 1.00. The van der Waals surface area contributed by atoms with Crippen molar-refractivity contribution in [2.45, 2.75) is 12.8 Å². The quantitative estimate of drug-likeness (QED) is 0.681. The van der Waals surface area contributed by atoms with E-state index in [0.29, 0.717) is 5.41 Å². The van der Waals surface area contributed by atoms with Crippen molar-refractivity contribution < 1.29 is 4.84 Å². The maximum Gasteiger partial charge on any atom is 0.0747 e. The monoisotopic (exact) mass is 202 g/mol. The van der Waals surface area contributed by atoms with Crippen molar-refractivity contribution in [3.63, 3.8) is 0 Å². The summed E-state index contributed by atoms with van der Waals surface area (Å²) < 4.78 is 0. The van der Waals surface area contributed by atoms with E-state index in [1.54, 1.807) is 0 Å². The van der Waals surface area contributed by atoms with Gasteiger partial charge in [-0.05, 0) is 12.8 Å². The van der Waals surface area contributed by atoms with Crippen LogP contribution in [0.4, 0.5) is 0 Å². The van der Waals surface area contributed by atoms with Crippen molar-refractivity contribution >= 4 is 11.8 Å². The van der Waals surface area contributed by atoms with E-state index in [4.69, 9.17) is 10.7 Å². The molecule has 0 atom stereocenters. The molecule has 1 aliphatic heterocycles. The Bertz CT molecular complexity index is 167. The van der Waals surface area contributed by atoms with E-state index in [0.717, 1.165) is 6.61 Å². The Balaban J connectivity index is 1.76. The summed E-state index contributed by atoms with van der Waals surface area (Å²) >= 11 is 2.06. The fourth-order valence-electron chi connectivity index (χ4n) is 1.94. The fourth-order valence-corrected chi connectivity index (χ4v) is 2.91. The molecular formula is C9H18N2OS. The molecule has 0 amide bonds. The first-order chi connectivity index (χ1) is 6.35. The lowest BCUT2D eigenvalue weighted by molar-refractivity contribution is 0.0729. The van der Waals surface area contributed by atoms with E-state index in [1.165, 1.54) is 44.0 Å². The van der Waals surface area contributed by atoms with Crippen LogP contribution in [-0.2, 0) is 4.84 Å². The number of nitrogens with zero attached hydrogens (tertiary/aromatic N) is 1. The Morgan fingerprint density at radius 1 is 1.31 bits per heavy atom. The minimum absolute atomic E-state index is 0.427. The summed E-state index contributed by atoms with van der Waals surface area (Å²) in [7, 11) is 0. The number of thioether (sulfide) groups is 1. The molecular weight excluding hydrogens is 184 g/mol. The Labute approximate surface area is 83.9 Å². The second-order valence-corrected chi connectivity index (χ2v) is 5.42. The minimum atomic E-state index is 0.427. The van der Waals surface area contributed by atoms with Crippen LogP contribution in [-0.4, -0.2) is 42.6 Å².